The van der Waals surface area contributed by atoms with Crippen LogP contribution in [0.25, 0.3) is 0 Å². The molecule has 0 spiro atoms. The lowest BCUT2D eigenvalue weighted by molar-refractivity contribution is -0.137. The summed E-state index contributed by atoms with van der Waals surface area (Å²) in [6, 6.07) is 1.48. The maximum Gasteiger partial charge on any atom is 0.416 e. The van der Waals surface area contributed by atoms with Crippen LogP contribution in [0.15, 0.2) is 12.1 Å². The van der Waals surface area contributed by atoms with Gasteiger partial charge in [-0.15, -0.1) is 0 Å². The van der Waals surface area contributed by atoms with Crippen LogP contribution in [-0.2, 0) is 6.18 Å². The van der Waals surface area contributed by atoms with E-state index in [0.717, 1.165) is 12.1 Å². The second kappa shape index (κ2) is 3.27. The largest absolute Gasteiger partial charge is 0.416 e. The Hall–Kier alpha value is -0.610. The van der Waals surface area contributed by atoms with E-state index in [0.29, 0.717) is 0 Å². The molecule has 1 nitrogen and oxygen atoms in total. The van der Waals surface area contributed by atoms with Gasteiger partial charge in [0.1, 0.15) is 0 Å². The van der Waals surface area contributed by atoms with E-state index >= 15 is 0 Å². The van der Waals surface area contributed by atoms with Gasteiger partial charge in [-0.1, -0.05) is 23.2 Å². The summed E-state index contributed by atoms with van der Waals surface area (Å²) >= 11 is 10.9. The van der Waals surface area contributed by atoms with Crippen molar-refractivity contribution in [2.45, 2.75) is 6.18 Å². The second-order valence-corrected chi connectivity index (χ2v) is 3.14. The fraction of sp³-hybridized carbons (Fsp3) is 0.143. The van der Waals surface area contributed by atoms with Crippen LogP contribution in [-0.4, -0.2) is 0 Å². The van der Waals surface area contributed by atoms with Crippen molar-refractivity contribution in [1.29, 1.82) is 0 Å². The molecule has 1 aromatic carbocycles. The van der Waals surface area contributed by atoms with Gasteiger partial charge in [0.2, 0.25) is 0 Å². The molecule has 0 aliphatic rings. The summed E-state index contributed by atoms with van der Waals surface area (Å²) in [5.74, 6) is 0. The quantitative estimate of drug-likeness (QED) is 0.677. The molecule has 0 unspecified atom stereocenters. The van der Waals surface area contributed by atoms with E-state index in [2.05, 4.69) is 0 Å². The molecular weight excluding hydrogens is 226 g/mol. The molecule has 0 aliphatic carbocycles. The monoisotopic (exact) mass is 229 g/mol. The Morgan fingerprint density at radius 3 is 2.08 bits per heavy atom. The SMILES string of the molecule is Nc1cc(C(F)(F)F)cc(Cl)c1Cl. The average Bonchev–Trinajstić information content (AvgIpc) is 1.97. The van der Waals surface area contributed by atoms with Crippen molar-refractivity contribution in [1.82, 2.24) is 0 Å². The topological polar surface area (TPSA) is 26.0 Å². The standard InChI is InChI=1S/C7H4Cl2F3N/c8-4-1-3(7(10,11)12)2-5(13)6(4)9/h1-2H,13H2. The van der Waals surface area contributed by atoms with Crippen LogP contribution in [0, 0.1) is 0 Å². The molecule has 0 radical (unpaired) electrons. The predicted octanol–water partition coefficient (Wildman–Crippen LogP) is 3.59. The van der Waals surface area contributed by atoms with Gasteiger partial charge in [-0.2, -0.15) is 13.2 Å². The Labute approximate surface area is 82.2 Å². The number of hydrogen-bond donors (Lipinski definition) is 1. The number of anilines is 1. The lowest BCUT2D eigenvalue weighted by Gasteiger charge is -2.09. The van der Waals surface area contributed by atoms with Crippen LogP contribution >= 0.6 is 23.2 Å². The van der Waals surface area contributed by atoms with Gasteiger partial charge in [-0.3, -0.25) is 0 Å². The van der Waals surface area contributed by atoms with E-state index in [1.165, 1.54) is 0 Å². The molecule has 0 fully saturated rings. The molecular formula is C7H4Cl2F3N. The smallest absolute Gasteiger partial charge is 0.397 e. The average molecular weight is 230 g/mol. The van der Waals surface area contributed by atoms with Crippen LogP contribution in [0.2, 0.25) is 10.0 Å². The van der Waals surface area contributed by atoms with Gasteiger partial charge in [0.05, 0.1) is 21.3 Å². The number of hydrogen-bond acceptors (Lipinski definition) is 1. The second-order valence-electron chi connectivity index (χ2n) is 2.36. The molecule has 1 aromatic rings. The first-order valence-corrected chi connectivity index (χ1v) is 3.89. The van der Waals surface area contributed by atoms with Crippen molar-refractivity contribution in [2.24, 2.45) is 0 Å². The zero-order valence-electron chi connectivity index (χ0n) is 6.12. The van der Waals surface area contributed by atoms with Crippen molar-refractivity contribution < 1.29 is 13.2 Å². The summed E-state index contributed by atoms with van der Waals surface area (Å²) < 4.78 is 36.4. The molecule has 0 heterocycles. The molecule has 72 valence electrons. The Balaban J connectivity index is 3.29. The molecule has 0 saturated heterocycles. The molecule has 0 atom stereocenters. The predicted molar refractivity (Wildman–Crippen MR) is 45.9 cm³/mol. The highest BCUT2D eigenvalue weighted by molar-refractivity contribution is 6.43. The van der Waals surface area contributed by atoms with Gasteiger partial charge in [0, 0.05) is 0 Å². The Morgan fingerprint density at radius 2 is 1.69 bits per heavy atom. The minimum atomic E-state index is -4.46. The van der Waals surface area contributed by atoms with Crippen LogP contribution < -0.4 is 5.73 Å². The fourth-order valence-electron chi connectivity index (χ4n) is 0.774. The molecule has 13 heavy (non-hydrogen) atoms. The van der Waals surface area contributed by atoms with E-state index in [9.17, 15) is 13.2 Å². The molecule has 0 aliphatic heterocycles. The highest BCUT2D eigenvalue weighted by Crippen LogP contribution is 2.36. The number of rotatable bonds is 0. The van der Waals surface area contributed by atoms with E-state index in [1.54, 1.807) is 0 Å². The summed E-state index contributed by atoms with van der Waals surface area (Å²) in [4.78, 5) is 0. The van der Waals surface area contributed by atoms with Crippen LogP contribution in [0.5, 0.6) is 0 Å². The number of benzene rings is 1. The molecule has 0 bridgehead atoms. The highest BCUT2D eigenvalue weighted by Gasteiger charge is 2.31. The number of nitrogen functional groups attached to an aromatic ring is 1. The summed E-state index contributed by atoms with van der Waals surface area (Å²) in [5, 5.41) is -0.261. The Morgan fingerprint density at radius 1 is 1.15 bits per heavy atom. The van der Waals surface area contributed by atoms with Crippen LogP contribution in [0.3, 0.4) is 0 Å². The molecule has 6 heteroatoms. The highest BCUT2D eigenvalue weighted by atomic mass is 35.5. The maximum atomic E-state index is 12.1. The van der Waals surface area contributed by atoms with Gasteiger partial charge in [-0.05, 0) is 12.1 Å². The number of halogens is 5. The van der Waals surface area contributed by atoms with Crippen molar-refractivity contribution in [3.63, 3.8) is 0 Å². The van der Waals surface area contributed by atoms with Gasteiger partial charge >= 0.3 is 6.18 Å². The van der Waals surface area contributed by atoms with E-state index in [4.69, 9.17) is 28.9 Å². The lowest BCUT2D eigenvalue weighted by atomic mass is 10.2. The Bertz CT molecular complexity index is 312. The fourth-order valence-corrected chi connectivity index (χ4v) is 1.11. The first-order chi connectivity index (χ1) is 5.82. The van der Waals surface area contributed by atoms with Gasteiger partial charge in [-0.25, -0.2) is 0 Å². The summed E-state index contributed by atoms with van der Waals surface area (Å²) in [7, 11) is 0. The summed E-state index contributed by atoms with van der Waals surface area (Å²) in [6.07, 6.45) is -4.46. The summed E-state index contributed by atoms with van der Waals surface area (Å²) in [6.45, 7) is 0. The summed E-state index contributed by atoms with van der Waals surface area (Å²) in [5.41, 5.74) is 4.12. The third kappa shape index (κ3) is 2.19. The first-order valence-electron chi connectivity index (χ1n) is 3.14. The van der Waals surface area contributed by atoms with Crippen molar-refractivity contribution in [3.8, 4) is 0 Å². The number of nitrogens with two attached hydrogens (primary N) is 1. The maximum absolute atomic E-state index is 12.1. The van der Waals surface area contributed by atoms with Crippen molar-refractivity contribution in [2.75, 3.05) is 5.73 Å². The molecule has 1 rings (SSSR count). The Kier molecular flexibility index (Phi) is 2.63. The zero-order chi connectivity index (χ0) is 10.2. The van der Waals surface area contributed by atoms with Gasteiger partial charge in [0.25, 0.3) is 0 Å². The van der Waals surface area contributed by atoms with Crippen molar-refractivity contribution in [3.05, 3.63) is 27.7 Å². The molecule has 2 N–H and O–H groups in total. The van der Waals surface area contributed by atoms with Crippen LogP contribution in [0.1, 0.15) is 5.56 Å². The van der Waals surface area contributed by atoms with Gasteiger partial charge < -0.3 is 5.73 Å². The van der Waals surface area contributed by atoms with E-state index in [1.807, 2.05) is 0 Å². The molecule has 0 aromatic heterocycles. The normalized spacial score (nSPS) is 11.8. The van der Waals surface area contributed by atoms with Crippen LogP contribution in [0.4, 0.5) is 18.9 Å². The number of alkyl halides is 3. The lowest BCUT2D eigenvalue weighted by Crippen LogP contribution is -2.05. The zero-order valence-corrected chi connectivity index (χ0v) is 7.63. The third-order valence-corrected chi connectivity index (χ3v) is 2.20. The molecule has 0 saturated carbocycles. The third-order valence-electron chi connectivity index (χ3n) is 1.38. The van der Waals surface area contributed by atoms with Gasteiger partial charge in [0.15, 0.2) is 0 Å². The first kappa shape index (κ1) is 10.5. The van der Waals surface area contributed by atoms with Crippen molar-refractivity contribution >= 4 is 28.9 Å². The molecule has 0 amide bonds. The van der Waals surface area contributed by atoms with E-state index < -0.39 is 11.7 Å². The minimum absolute atomic E-state index is 0.0605. The minimum Gasteiger partial charge on any atom is -0.397 e. The van der Waals surface area contributed by atoms with E-state index in [-0.39, 0.29) is 15.7 Å².